The molecule has 260 valence electrons. The van der Waals surface area contributed by atoms with Crippen molar-refractivity contribution in [2.24, 2.45) is 0 Å². The largest absolute Gasteiger partial charge is 0.493 e. The van der Waals surface area contributed by atoms with Gasteiger partial charge in [0, 0.05) is 36.2 Å². The zero-order valence-corrected chi connectivity index (χ0v) is 27.9. The minimum absolute atomic E-state index is 0.0185. The minimum atomic E-state index is -1.22. The molecular formula is C37H48N2O9. The summed E-state index contributed by atoms with van der Waals surface area (Å²) >= 11 is 0. The van der Waals surface area contributed by atoms with E-state index in [-0.39, 0.29) is 44.4 Å². The van der Waals surface area contributed by atoms with Gasteiger partial charge in [-0.3, -0.25) is 14.4 Å². The SMILES string of the molecule is CCCCCCCCCCCC(=O)N(Cc1ccc2c(c1)OCO2)[C@@H]1C=C(C(=O)NCCO)[C@@H]2c3cc(C=O)cc(OC)c3O[C@@H]2[C@H]1O. The Kier molecular flexibility index (Phi) is 12.4. The van der Waals surface area contributed by atoms with Gasteiger partial charge in [-0.05, 0) is 42.3 Å². The maximum Gasteiger partial charge on any atom is 0.247 e. The number of hydrogen-bond acceptors (Lipinski definition) is 9. The molecule has 0 saturated heterocycles. The van der Waals surface area contributed by atoms with Crippen LogP contribution < -0.4 is 24.3 Å². The van der Waals surface area contributed by atoms with Crippen molar-refractivity contribution in [3.8, 4) is 23.0 Å². The van der Waals surface area contributed by atoms with Crippen molar-refractivity contribution in [3.05, 3.63) is 58.7 Å². The highest BCUT2D eigenvalue weighted by Gasteiger charge is 2.51. The molecular weight excluding hydrogens is 616 g/mol. The van der Waals surface area contributed by atoms with Gasteiger partial charge in [-0.15, -0.1) is 0 Å². The fraction of sp³-hybridized carbons (Fsp3) is 0.541. The van der Waals surface area contributed by atoms with E-state index in [1.54, 1.807) is 29.2 Å². The van der Waals surface area contributed by atoms with Crippen LogP contribution in [-0.4, -0.2) is 78.5 Å². The van der Waals surface area contributed by atoms with Crippen molar-refractivity contribution >= 4 is 18.1 Å². The van der Waals surface area contributed by atoms with Gasteiger partial charge >= 0.3 is 0 Å². The summed E-state index contributed by atoms with van der Waals surface area (Å²) in [5.41, 5.74) is 1.93. The highest BCUT2D eigenvalue weighted by Crippen LogP contribution is 2.51. The first kappa shape index (κ1) is 35.2. The maximum absolute atomic E-state index is 14.1. The fourth-order valence-electron chi connectivity index (χ4n) is 6.88. The molecule has 0 aromatic heterocycles. The predicted molar refractivity (Wildman–Crippen MR) is 178 cm³/mol. The molecule has 0 bridgehead atoms. The van der Waals surface area contributed by atoms with Crippen LogP contribution in [0, 0.1) is 0 Å². The van der Waals surface area contributed by atoms with Crippen LogP contribution in [0.4, 0.5) is 0 Å². The first-order chi connectivity index (χ1) is 23.4. The van der Waals surface area contributed by atoms with Gasteiger partial charge in [0.1, 0.15) is 18.5 Å². The van der Waals surface area contributed by atoms with Crippen molar-refractivity contribution in [1.82, 2.24) is 10.2 Å². The Morgan fingerprint density at radius 2 is 1.75 bits per heavy atom. The highest BCUT2D eigenvalue weighted by atomic mass is 16.7. The van der Waals surface area contributed by atoms with Gasteiger partial charge in [-0.1, -0.05) is 64.4 Å². The lowest BCUT2D eigenvalue weighted by Crippen LogP contribution is -2.55. The van der Waals surface area contributed by atoms with E-state index in [0.717, 1.165) is 24.8 Å². The summed E-state index contributed by atoms with van der Waals surface area (Å²) in [7, 11) is 1.46. The lowest BCUT2D eigenvalue weighted by Gasteiger charge is -2.41. The standard InChI is InChI=1S/C37H48N2O9/c1-3-4-5-6-7-8-9-10-11-12-32(42)39(21-24-13-14-29-30(18-24)47-23-46-29)28-20-27(37(44)38-15-16-40)33-26-17-25(22-41)19-31(45-2)35(26)48-36(33)34(28)43/h13-14,17-20,22,28,33-34,36,40,43H,3-12,15-16,21,23H2,1-2H3,(H,38,44)/t28-,33+,34+,36+/m1/s1. The van der Waals surface area contributed by atoms with E-state index >= 15 is 0 Å². The summed E-state index contributed by atoms with van der Waals surface area (Å²) in [4.78, 5) is 41.1. The number of methoxy groups -OCH3 is 1. The lowest BCUT2D eigenvalue weighted by molar-refractivity contribution is -0.138. The van der Waals surface area contributed by atoms with Crippen LogP contribution in [0.1, 0.15) is 98.5 Å². The van der Waals surface area contributed by atoms with Gasteiger partial charge in [-0.2, -0.15) is 0 Å². The topological polar surface area (TPSA) is 144 Å². The molecule has 11 heteroatoms. The Labute approximate surface area is 282 Å². The van der Waals surface area contributed by atoms with Crippen molar-refractivity contribution < 1.29 is 43.5 Å². The Bertz CT molecular complexity index is 1470. The van der Waals surface area contributed by atoms with E-state index in [1.165, 1.54) is 39.2 Å². The van der Waals surface area contributed by atoms with E-state index in [1.807, 2.05) is 12.1 Å². The van der Waals surface area contributed by atoms with Crippen LogP contribution in [0.15, 0.2) is 42.0 Å². The van der Waals surface area contributed by atoms with Gasteiger partial charge < -0.3 is 39.4 Å². The van der Waals surface area contributed by atoms with Crippen molar-refractivity contribution in [1.29, 1.82) is 0 Å². The molecule has 5 rings (SSSR count). The Morgan fingerprint density at radius 3 is 2.46 bits per heavy atom. The minimum Gasteiger partial charge on any atom is -0.493 e. The molecule has 2 aromatic carbocycles. The first-order valence-corrected chi connectivity index (χ1v) is 17.2. The predicted octanol–water partition coefficient (Wildman–Crippen LogP) is 4.81. The monoisotopic (exact) mass is 664 g/mol. The maximum atomic E-state index is 14.1. The third-order valence-electron chi connectivity index (χ3n) is 9.38. The second-order valence-electron chi connectivity index (χ2n) is 12.7. The zero-order chi connectivity index (χ0) is 34.0. The number of benzene rings is 2. The Hall–Kier alpha value is -4.09. The second-order valence-corrected chi connectivity index (χ2v) is 12.7. The average molecular weight is 665 g/mol. The molecule has 2 heterocycles. The fourth-order valence-corrected chi connectivity index (χ4v) is 6.88. The highest BCUT2D eigenvalue weighted by molar-refractivity contribution is 5.96. The molecule has 2 aromatic rings. The summed E-state index contributed by atoms with van der Waals surface area (Å²) in [6.07, 6.45) is 10.5. The lowest BCUT2D eigenvalue weighted by atomic mass is 9.77. The van der Waals surface area contributed by atoms with Crippen LogP contribution in [0.3, 0.4) is 0 Å². The number of amides is 2. The first-order valence-electron chi connectivity index (χ1n) is 17.2. The number of nitrogens with one attached hydrogen (secondary N) is 1. The van der Waals surface area contributed by atoms with Gasteiger partial charge in [0.15, 0.2) is 23.0 Å². The number of aldehydes is 1. The van der Waals surface area contributed by atoms with Crippen LogP contribution in [0.25, 0.3) is 0 Å². The number of carbonyl (C=O) groups excluding carboxylic acids is 3. The molecule has 11 nitrogen and oxygen atoms in total. The molecule has 48 heavy (non-hydrogen) atoms. The Balaban J connectivity index is 1.43. The number of ether oxygens (including phenoxy) is 4. The summed E-state index contributed by atoms with van der Waals surface area (Å²) in [5, 5.41) is 24.1. The molecule has 3 N–H and O–H groups in total. The molecule has 0 fully saturated rings. The van der Waals surface area contributed by atoms with Crippen molar-refractivity contribution in [3.63, 3.8) is 0 Å². The molecule has 0 unspecified atom stereocenters. The van der Waals surface area contributed by atoms with Crippen molar-refractivity contribution in [2.45, 2.75) is 102 Å². The molecule has 3 aliphatic rings. The van der Waals surface area contributed by atoms with Crippen LogP contribution >= 0.6 is 0 Å². The molecule has 2 aliphatic heterocycles. The number of rotatable bonds is 18. The molecule has 0 radical (unpaired) electrons. The van der Waals surface area contributed by atoms with E-state index < -0.39 is 30.1 Å². The third-order valence-corrected chi connectivity index (χ3v) is 9.38. The quantitative estimate of drug-likeness (QED) is 0.151. The Morgan fingerprint density at radius 1 is 1.02 bits per heavy atom. The zero-order valence-electron chi connectivity index (χ0n) is 27.9. The molecule has 2 amide bonds. The van der Waals surface area contributed by atoms with Crippen molar-refractivity contribution in [2.75, 3.05) is 27.1 Å². The number of carbonyl (C=O) groups is 3. The van der Waals surface area contributed by atoms with Crippen LogP contribution in [0.2, 0.25) is 0 Å². The number of hydrogen-bond donors (Lipinski definition) is 3. The summed E-state index contributed by atoms with van der Waals surface area (Å²) in [6.45, 7) is 2.24. The molecule has 1 aliphatic carbocycles. The number of aliphatic hydroxyl groups is 2. The summed E-state index contributed by atoms with van der Waals surface area (Å²) < 4.78 is 22.9. The number of nitrogens with zero attached hydrogens (tertiary/aromatic N) is 1. The van der Waals surface area contributed by atoms with Crippen LogP contribution in [-0.2, 0) is 16.1 Å². The smallest absolute Gasteiger partial charge is 0.247 e. The summed E-state index contributed by atoms with van der Waals surface area (Å²) in [5.74, 6) is 0.492. The van der Waals surface area contributed by atoms with E-state index in [4.69, 9.17) is 18.9 Å². The van der Waals surface area contributed by atoms with E-state index in [2.05, 4.69) is 12.2 Å². The number of aliphatic hydroxyl groups excluding tert-OH is 2. The number of unbranched alkanes of at least 4 members (excludes halogenated alkanes) is 8. The van der Waals surface area contributed by atoms with E-state index in [0.29, 0.717) is 46.8 Å². The van der Waals surface area contributed by atoms with Gasteiger partial charge in [0.05, 0.1) is 25.7 Å². The van der Waals surface area contributed by atoms with Gasteiger partial charge in [-0.25, -0.2) is 0 Å². The number of fused-ring (bicyclic) bond motifs is 4. The molecule has 0 spiro atoms. The third kappa shape index (κ3) is 7.95. The second kappa shape index (κ2) is 16.8. The van der Waals surface area contributed by atoms with E-state index in [9.17, 15) is 24.6 Å². The van der Waals surface area contributed by atoms with Gasteiger partial charge in [0.2, 0.25) is 18.6 Å². The summed E-state index contributed by atoms with van der Waals surface area (Å²) in [6, 6.07) is 7.74. The average Bonchev–Trinajstić information content (AvgIpc) is 3.73. The normalized spacial score (nSPS) is 20.3. The molecule has 0 saturated carbocycles. The van der Waals surface area contributed by atoms with Crippen LogP contribution in [0.5, 0.6) is 23.0 Å². The van der Waals surface area contributed by atoms with Gasteiger partial charge in [0.25, 0.3) is 0 Å². The molecule has 4 atom stereocenters.